The van der Waals surface area contributed by atoms with Crippen molar-refractivity contribution in [2.75, 3.05) is 26.2 Å². The van der Waals surface area contributed by atoms with Gasteiger partial charge in [-0.1, -0.05) is 18.6 Å². The van der Waals surface area contributed by atoms with Crippen molar-refractivity contribution in [2.45, 2.75) is 37.0 Å². The Morgan fingerprint density at radius 3 is 2.48 bits per heavy atom. The number of benzene rings is 1. The molecular formula is C20H25N3O3S. The third kappa shape index (κ3) is 3.48. The fourth-order valence-electron chi connectivity index (χ4n) is 5.08. The maximum absolute atomic E-state index is 12.9. The number of rotatable bonds is 4. The number of fused-ring (bicyclic) bond motifs is 2. The van der Waals surface area contributed by atoms with Gasteiger partial charge in [0, 0.05) is 32.6 Å². The van der Waals surface area contributed by atoms with E-state index in [1.54, 1.807) is 12.1 Å². The molecular weight excluding hydrogens is 362 g/mol. The van der Waals surface area contributed by atoms with Crippen LogP contribution < -0.4 is 0 Å². The molecule has 0 aromatic heterocycles. The van der Waals surface area contributed by atoms with Crippen molar-refractivity contribution in [3.63, 3.8) is 0 Å². The SMILES string of the molecule is N#Cc1ccccc1S(=O)(=O)N1CCN(C(=O)C[C@@H]2C[C@@H]3CC[C@@H]2C3)CC1. The summed E-state index contributed by atoms with van der Waals surface area (Å²) in [6, 6.07) is 8.22. The Labute approximate surface area is 160 Å². The number of amides is 1. The number of piperazine rings is 1. The second-order valence-electron chi connectivity index (χ2n) is 8.03. The smallest absolute Gasteiger partial charge is 0.244 e. The number of hydrogen-bond donors (Lipinski definition) is 0. The minimum Gasteiger partial charge on any atom is -0.340 e. The number of nitriles is 1. The zero-order chi connectivity index (χ0) is 19.0. The second kappa shape index (κ2) is 7.25. The van der Waals surface area contributed by atoms with Gasteiger partial charge in [0.1, 0.15) is 6.07 Å². The first-order chi connectivity index (χ1) is 13.0. The number of sulfonamides is 1. The summed E-state index contributed by atoms with van der Waals surface area (Å²) in [5.41, 5.74) is 0.160. The maximum atomic E-state index is 12.9. The molecule has 27 heavy (non-hydrogen) atoms. The molecule has 6 nitrogen and oxygen atoms in total. The van der Waals surface area contributed by atoms with Crippen LogP contribution >= 0.6 is 0 Å². The molecule has 7 heteroatoms. The summed E-state index contributed by atoms with van der Waals surface area (Å²) in [5.74, 6) is 2.25. The molecule has 0 radical (unpaired) electrons. The predicted molar refractivity (Wildman–Crippen MR) is 100 cm³/mol. The minimum atomic E-state index is -3.71. The van der Waals surface area contributed by atoms with Crippen molar-refractivity contribution >= 4 is 15.9 Å². The summed E-state index contributed by atoms with van der Waals surface area (Å²) < 4.78 is 27.2. The summed E-state index contributed by atoms with van der Waals surface area (Å²) in [7, 11) is -3.71. The average Bonchev–Trinajstić information content (AvgIpc) is 3.31. The van der Waals surface area contributed by atoms with Crippen molar-refractivity contribution < 1.29 is 13.2 Å². The van der Waals surface area contributed by atoms with E-state index in [4.69, 9.17) is 0 Å². The van der Waals surface area contributed by atoms with E-state index >= 15 is 0 Å². The lowest BCUT2D eigenvalue weighted by Crippen LogP contribution is -2.50. The fraction of sp³-hybridized carbons (Fsp3) is 0.600. The van der Waals surface area contributed by atoms with E-state index in [2.05, 4.69) is 0 Å². The number of carbonyl (C=O) groups is 1. The molecule has 0 N–H and O–H groups in total. The van der Waals surface area contributed by atoms with Crippen LogP contribution in [0.5, 0.6) is 0 Å². The van der Waals surface area contributed by atoms with Crippen molar-refractivity contribution in [1.29, 1.82) is 5.26 Å². The largest absolute Gasteiger partial charge is 0.340 e. The Morgan fingerprint density at radius 1 is 1.11 bits per heavy atom. The summed E-state index contributed by atoms with van der Waals surface area (Å²) >= 11 is 0. The highest BCUT2D eigenvalue weighted by Gasteiger charge is 2.41. The van der Waals surface area contributed by atoms with Gasteiger partial charge >= 0.3 is 0 Å². The van der Waals surface area contributed by atoms with Crippen LogP contribution in [0.25, 0.3) is 0 Å². The van der Waals surface area contributed by atoms with Crippen LogP contribution in [-0.2, 0) is 14.8 Å². The Balaban J connectivity index is 1.37. The first-order valence-electron chi connectivity index (χ1n) is 9.76. The van der Waals surface area contributed by atoms with Gasteiger partial charge in [-0.15, -0.1) is 0 Å². The van der Waals surface area contributed by atoms with Crippen LogP contribution in [0.15, 0.2) is 29.2 Å². The molecule has 3 fully saturated rings. The normalized spacial score (nSPS) is 28.3. The molecule has 3 atom stereocenters. The van der Waals surface area contributed by atoms with Gasteiger partial charge in [0.05, 0.1) is 10.5 Å². The Hall–Kier alpha value is -1.91. The van der Waals surface area contributed by atoms with Gasteiger partial charge in [-0.3, -0.25) is 4.79 Å². The average molecular weight is 388 g/mol. The number of hydrogen-bond acceptors (Lipinski definition) is 4. The summed E-state index contributed by atoms with van der Waals surface area (Å²) in [5, 5.41) is 9.19. The molecule has 1 heterocycles. The highest BCUT2D eigenvalue weighted by Crippen LogP contribution is 2.49. The molecule has 4 rings (SSSR count). The first kappa shape index (κ1) is 18.5. The highest BCUT2D eigenvalue weighted by molar-refractivity contribution is 7.89. The van der Waals surface area contributed by atoms with Gasteiger partial charge in [-0.05, 0) is 49.1 Å². The molecule has 2 saturated carbocycles. The predicted octanol–water partition coefficient (Wildman–Crippen LogP) is 2.22. The zero-order valence-electron chi connectivity index (χ0n) is 15.4. The Morgan fingerprint density at radius 2 is 1.85 bits per heavy atom. The minimum absolute atomic E-state index is 0.0502. The summed E-state index contributed by atoms with van der Waals surface area (Å²) in [6.07, 6.45) is 5.70. The van der Waals surface area contributed by atoms with E-state index < -0.39 is 10.0 Å². The third-order valence-electron chi connectivity index (χ3n) is 6.54. The van der Waals surface area contributed by atoms with E-state index in [-0.39, 0.29) is 29.5 Å². The molecule has 1 aliphatic heterocycles. The molecule has 144 valence electrons. The highest BCUT2D eigenvalue weighted by atomic mass is 32.2. The summed E-state index contributed by atoms with van der Waals surface area (Å²) in [6.45, 7) is 1.41. The lowest BCUT2D eigenvalue weighted by molar-refractivity contribution is -0.133. The van der Waals surface area contributed by atoms with Gasteiger partial charge < -0.3 is 4.90 Å². The number of carbonyl (C=O) groups excluding carboxylic acids is 1. The van der Waals surface area contributed by atoms with Crippen LogP contribution in [0.1, 0.15) is 37.7 Å². The van der Waals surface area contributed by atoms with Crippen molar-refractivity contribution in [3.05, 3.63) is 29.8 Å². The first-order valence-corrected chi connectivity index (χ1v) is 11.2. The fourth-order valence-corrected chi connectivity index (χ4v) is 6.65. The van der Waals surface area contributed by atoms with Gasteiger partial charge in [0.25, 0.3) is 0 Å². The van der Waals surface area contributed by atoms with E-state index in [0.717, 1.165) is 11.8 Å². The second-order valence-corrected chi connectivity index (χ2v) is 9.94. The van der Waals surface area contributed by atoms with Crippen LogP contribution in [-0.4, -0.2) is 49.7 Å². The lowest BCUT2D eigenvalue weighted by atomic mass is 9.86. The standard InChI is InChI=1S/C20H25N3O3S/c21-14-17-3-1-2-4-19(17)27(25,26)23-9-7-22(8-10-23)20(24)13-18-12-15-5-6-16(18)11-15/h1-4,15-16,18H,5-13H2/t15-,16-,18+/m1/s1. The molecule has 1 aromatic rings. The van der Waals surface area contributed by atoms with E-state index in [1.807, 2.05) is 11.0 Å². The van der Waals surface area contributed by atoms with Crippen LogP contribution in [0.2, 0.25) is 0 Å². The van der Waals surface area contributed by atoms with Gasteiger partial charge in [0.2, 0.25) is 15.9 Å². The Kier molecular flexibility index (Phi) is 4.95. The zero-order valence-corrected chi connectivity index (χ0v) is 16.2. The molecule has 1 amide bonds. The van der Waals surface area contributed by atoms with Gasteiger partial charge in [0.15, 0.2) is 0 Å². The van der Waals surface area contributed by atoms with E-state index in [0.29, 0.717) is 25.4 Å². The Bertz CT molecular complexity index is 869. The van der Waals surface area contributed by atoms with Gasteiger partial charge in [-0.25, -0.2) is 8.42 Å². The molecule has 2 aliphatic carbocycles. The molecule has 3 aliphatic rings. The lowest BCUT2D eigenvalue weighted by Gasteiger charge is -2.35. The number of nitrogens with zero attached hydrogens (tertiary/aromatic N) is 3. The molecule has 1 aromatic carbocycles. The topological polar surface area (TPSA) is 81.5 Å². The van der Waals surface area contributed by atoms with Crippen LogP contribution in [0, 0.1) is 29.1 Å². The van der Waals surface area contributed by atoms with Crippen LogP contribution in [0.3, 0.4) is 0 Å². The van der Waals surface area contributed by atoms with Crippen molar-refractivity contribution in [1.82, 2.24) is 9.21 Å². The van der Waals surface area contributed by atoms with Crippen molar-refractivity contribution in [3.8, 4) is 6.07 Å². The van der Waals surface area contributed by atoms with Gasteiger partial charge in [-0.2, -0.15) is 9.57 Å². The molecule has 0 spiro atoms. The maximum Gasteiger partial charge on any atom is 0.244 e. The molecule has 2 bridgehead atoms. The third-order valence-corrected chi connectivity index (χ3v) is 8.49. The van der Waals surface area contributed by atoms with Crippen LogP contribution in [0.4, 0.5) is 0 Å². The van der Waals surface area contributed by atoms with Crippen molar-refractivity contribution in [2.24, 2.45) is 17.8 Å². The van der Waals surface area contributed by atoms with E-state index in [9.17, 15) is 18.5 Å². The quantitative estimate of drug-likeness (QED) is 0.793. The summed E-state index contributed by atoms with van der Waals surface area (Å²) in [4.78, 5) is 14.5. The van der Waals surface area contributed by atoms with E-state index in [1.165, 1.54) is 42.1 Å². The molecule has 0 unspecified atom stereocenters. The molecule has 1 saturated heterocycles. The monoisotopic (exact) mass is 387 g/mol.